The highest BCUT2D eigenvalue weighted by atomic mass is 35.5. The zero-order valence-corrected chi connectivity index (χ0v) is 18.5. The molecule has 0 aromatic heterocycles. The second-order valence-electron chi connectivity index (χ2n) is 7.91. The van der Waals surface area contributed by atoms with Gasteiger partial charge in [0.1, 0.15) is 6.04 Å². The molecule has 0 saturated heterocycles. The van der Waals surface area contributed by atoms with E-state index >= 15 is 0 Å². The van der Waals surface area contributed by atoms with Gasteiger partial charge in [-0.15, -0.1) is 0 Å². The number of amides is 2. The van der Waals surface area contributed by atoms with Gasteiger partial charge in [0.05, 0.1) is 0 Å². The van der Waals surface area contributed by atoms with Crippen molar-refractivity contribution in [3.63, 3.8) is 0 Å². The molecular formula is C24H31ClN2O2. The van der Waals surface area contributed by atoms with E-state index in [0.29, 0.717) is 36.9 Å². The third-order valence-corrected chi connectivity index (χ3v) is 5.27. The molecule has 0 heterocycles. The number of aryl methyl sites for hydroxylation is 2. The molecule has 2 amide bonds. The lowest BCUT2D eigenvalue weighted by molar-refractivity contribution is -0.140. The van der Waals surface area contributed by atoms with Crippen molar-refractivity contribution in [3.05, 3.63) is 70.2 Å². The Balaban J connectivity index is 2.13. The van der Waals surface area contributed by atoms with Gasteiger partial charge in [-0.1, -0.05) is 73.5 Å². The first-order valence-corrected chi connectivity index (χ1v) is 10.5. The number of rotatable bonds is 9. The molecule has 1 unspecified atom stereocenters. The molecule has 4 nitrogen and oxygen atoms in total. The fraction of sp³-hybridized carbons (Fsp3) is 0.417. The first-order valence-electron chi connectivity index (χ1n) is 10.1. The monoisotopic (exact) mass is 414 g/mol. The molecular weight excluding hydrogens is 384 g/mol. The van der Waals surface area contributed by atoms with Crippen molar-refractivity contribution < 1.29 is 9.59 Å². The maximum Gasteiger partial charge on any atom is 0.242 e. The van der Waals surface area contributed by atoms with Crippen molar-refractivity contribution in [2.24, 2.45) is 5.92 Å². The Kier molecular flexibility index (Phi) is 8.71. The van der Waals surface area contributed by atoms with Gasteiger partial charge in [-0.3, -0.25) is 9.59 Å². The van der Waals surface area contributed by atoms with Crippen LogP contribution in [0.3, 0.4) is 0 Å². The molecule has 2 aromatic carbocycles. The van der Waals surface area contributed by atoms with Crippen LogP contribution in [0.1, 0.15) is 43.9 Å². The zero-order valence-electron chi connectivity index (χ0n) is 17.7. The molecule has 1 atom stereocenters. The minimum atomic E-state index is -0.574. The third-order valence-electron chi connectivity index (χ3n) is 4.90. The highest BCUT2D eigenvalue weighted by Crippen LogP contribution is 2.20. The van der Waals surface area contributed by atoms with Gasteiger partial charge in [0.2, 0.25) is 11.8 Å². The number of nitrogens with zero attached hydrogens (tertiary/aromatic N) is 1. The maximum atomic E-state index is 13.1. The number of carbonyl (C=O) groups excluding carboxylic acids is 2. The lowest BCUT2D eigenvalue weighted by atomic mass is 10.1. The summed E-state index contributed by atoms with van der Waals surface area (Å²) in [4.78, 5) is 27.4. The topological polar surface area (TPSA) is 49.4 Å². The first-order chi connectivity index (χ1) is 13.8. The van der Waals surface area contributed by atoms with Crippen LogP contribution in [0.5, 0.6) is 0 Å². The van der Waals surface area contributed by atoms with Crippen LogP contribution in [0.4, 0.5) is 0 Å². The second kappa shape index (κ2) is 11.0. The summed E-state index contributed by atoms with van der Waals surface area (Å²) in [6.45, 7) is 8.79. The van der Waals surface area contributed by atoms with Crippen molar-refractivity contribution in [2.45, 2.75) is 53.1 Å². The predicted octanol–water partition coefficient (Wildman–Crippen LogP) is 4.77. The van der Waals surface area contributed by atoms with Crippen LogP contribution in [-0.4, -0.2) is 29.3 Å². The highest BCUT2D eigenvalue weighted by molar-refractivity contribution is 6.31. The average Bonchev–Trinajstić information content (AvgIpc) is 2.70. The fourth-order valence-electron chi connectivity index (χ4n) is 2.99. The number of carbonyl (C=O) groups is 2. The van der Waals surface area contributed by atoms with E-state index in [-0.39, 0.29) is 11.8 Å². The first kappa shape index (κ1) is 23.0. The Bertz CT molecular complexity index is 818. The molecule has 0 aliphatic carbocycles. The molecule has 1 N–H and O–H groups in total. The van der Waals surface area contributed by atoms with Crippen LogP contribution < -0.4 is 5.32 Å². The molecule has 0 spiro atoms. The van der Waals surface area contributed by atoms with E-state index in [1.54, 1.807) is 17.9 Å². The standard InChI is InChI=1S/C24H31ClN2O2/c1-17(2)15-26-24(29)19(4)27(16-21-7-5-6-8-22(21)25)23(28)14-13-20-11-9-18(3)10-12-20/h5-12,17,19H,13-16H2,1-4H3,(H,26,29). The van der Waals surface area contributed by atoms with Crippen LogP contribution in [-0.2, 0) is 22.6 Å². The summed E-state index contributed by atoms with van der Waals surface area (Å²) >= 11 is 6.31. The molecule has 5 heteroatoms. The van der Waals surface area contributed by atoms with E-state index in [1.165, 1.54) is 5.56 Å². The molecule has 0 aliphatic heterocycles. The summed E-state index contributed by atoms with van der Waals surface area (Å²) in [6.07, 6.45) is 0.980. The smallest absolute Gasteiger partial charge is 0.242 e. The molecule has 156 valence electrons. The van der Waals surface area contributed by atoms with Crippen molar-refractivity contribution in [3.8, 4) is 0 Å². The predicted molar refractivity (Wildman–Crippen MR) is 119 cm³/mol. The number of benzene rings is 2. The van der Waals surface area contributed by atoms with E-state index in [2.05, 4.69) is 5.32 Å². The molecule has 0 bridgehead atoms. The summed E-state index contributed by atoms with van der Waals surface area (Å²) in [7, 11) is 0. The van der Waals surface area contributed by atoms with Gasteiger partial charge in [0.25, 0.3) is 0 Å². The zero-order chi connectivity index (χ0) is 21.4. The van der Waals surface area contributed by atoms with Gasteiger partial charge < -0.3 is 10.2 Å². The highest BCUT2D eigenvalue weighted by Gasteiger charge is 2.26. The molecule has 0 fully saturated rings. The molecule has 2 rings (SSSR count). The van der Waals surface area contributed by atoms with Gasteiger partial charge >= 0.3 is 0 Å². The molecule has 0 aliphatic rings. The van der Waals surface area contributed by atoms with Crippen LogP contribution >= 0.6 is 11.6 Å². The quantitative estimate of drug-likeness (QED) is 0.642. The van der Waals surface area contributed by atoms with Gasteiger partial charge in [-0.25, -0.2) is 0 Å². The normalized spacial score (nSPS) is 11.9. The van der Waals surface area contributed by atoms with Gasteiger partial charge in [0, 0.05) is 24.5 Å². The Hall–Kier alpha value is -2.33. The minimum absolute atomic E-state index is 0.0577. The van der Waals surface area contributed by atoms with Crippen molar-refractivity contribution >= 4 is 23.4 Å². The van der Waals surface area contributed by atoms with E-state index in [9.17, 15) is 9.59 Å². The summed E-state index contributed by atoms with van der Waals surface area (Å²) < 4.78 is 0. The van der Waals surface area contributed by atoms with E-state index in [0.717, 1.165) is 11.1 Å². The van der Waals surface area contributed by atoms with Crippen molar-refractivity contribution in [1.82, 2.24) is 10.2 Å². The molecule has 29 heavy (non-hydrogen) atoms. The summed E-state index contributed by atoms with van der Waals surface area (Å²) in [6, 6.07) is 15.0. The Morgan fingerprint density at radius 3 is 2.31 bits per heavy atom. The SMILES string of the molecule is Cc1ccc(CCC(=O)N(Cc2ccccc2Cl)C(C)C(=O)NCC(C)C)cc1. The largest absolute Gasteiger partial charge is 0.354 e. The molecule has 0 saturated carbocycles. The number of halogens is 1. The van der Waals surface area contributed by atoms with E-state index in [1.807, 2.05) is 63.2 Å². The second-order valence-corrected chi connectivity index (χ2v) is 8.32. The Labute approximate surface area is 179 Å². The minimum Gasteiger partial charge on any atom is -0.354 e. The van der Waals surface area contributed by atoms with Crippen molar-refractivity contribution in [1.29, 1.82) is 0 Å². The van der Waals surface area contributed by atoms with Gasteiger partial charge in [-0.2, -0.15) is 0 Å². The van der Waals surface area contributed by atoms with Gasteiger partial charge in [0.15, 0.2) is 0 Å². The van der Waals surface area contributed by atoms with Crippen LogP contribution in [0.25, 0.3) is 0 Å². The summed E-state index contributed by atoms with van der Waals surface area (Å²) in [5.74, 6) is 0.146. The molecule has 2 aromatic rings. The summed E-state index contributed by atoms with van der Waals surface area (Å²) in [5, 5.41) is 3.53. The lowest BCUT2D eigenvalue weighted by Crippen LogP contribution is -2.48. The number of hydrogen-bond acceptors (Lipinski definition) is 2. The Morgan fingerprint density at radius 2 is 1.69 bits per heavy atom. The molecule has 0 radical (unpaired) electrons. The number of hydrogen-bond donors (Lipinski definition) is 1. The van der Waals surface area contributed by atoms with E-state index < -0.39 is 6.04 Å². The fourth-order valence-corrected chi connectivity index (χ4v) is 3.19. The van der Waals surface area contributed by atoms with Crippen LogP contribution in [0.2, 0.25) is 5.02 Å². The number of nitrogens with one attached hydrogen (secondary N) is 1. The van der Waals surface area contributed by atoms with Gasteiger partial charge in [-0.05, 0) is 43.4 Å². The summed E-state index contributed by atoms with van der Waals surface area (Å²) in [5.41, 5.74) is 3.13. The average molecular weight is 415 g/mol. The Morgan fingerprint density at radius 1 is 1.03 bits per heavy atom. The lowest BCUT2D eigenvalue weighted by Gasteiger charge is -2.29. The van der Waals surface area contributed by atoms with Crippen molar-refractivity contribution in [2.75, 3.05) is 6.54 Å². The third kappa shape index (κ3) is 7.21. The van der Waals surface area contributed by atoms with Crippen LogP contribution in [0.15, 0.2) is 48.5 Å². The maximum absolute atomic E-state index is 13.1. The van der Waals surface area contributed by atoms with Crippen LogP contribution in [0, 0.1) is 12.8 Å². The van der Waals surface area contributed by atoms with E-state index in [4.69, 9.17) is 11.6 Å².